The predicted molar refractivity (Wildman–Crippen MR) is 132 cm³/mol. The quantitative estimate of drug-likeness (QED) is 0.319. The molecule has 0 aliphatic heterocycles. The zero-order valence-corrected chi connectivity index (χ0v) is 19.1. The van der Waals surface area contributed by atoms with Crippen molar-refractivity contribution >= 4 is 29.1 Å². The third kappa shape index (κ3) is 6.02. The molecule has 0 saturated carbocycles. The molecule has 0 spiro atoms. The SMILES string of the molecule is Nc1nn(Cc2ccc(Cn3ccccc3=O)cc2)cc1C(=O)NCCNc1cc(Cl)ccn1. The Morgan fingerprint density at radius 2 is 1.79 bits per heavy atom. The third-order valence-electron chi connectivity index (χ3n) is 5.09. The second-order valence-corrected chi connectivity index (χ2v) is 8.09. The van der Waals surface area contributed by atoms with Crippen molar-refractivity contribution in [1.29, 1.82) is 0 Å². The summed E-state index contributed by atoms with van der Waals surface area (Å²) in [6.07, 6.45) is 5.00. The molecular weight excluding hydrogens is 454 g/mol. The summed E-state index contributed by atoms with van der Waals surface area (Å²) in [5, 5.41) is 10.7. The fraction of sp³-hybridized carbons (Fsp3) is 0.167. The number of halogens is 1. The van der Waals surface area contributed by atoms with Crippen molar-refractivity contribution in [2.45, 2.75) is 13.1 Å². The van der Waals surface area contributed by atoms with E-state index in [1.807, 2.05) is 30.3 Å². The average Bonchev–Trinajstić information content (AvgIpc) is 3.19. The lowest BCUT2D eigenvalue weighted by Crippen LogP contribution is -2.29. The van der Waals surface area contributed by atoms with E-state index in [1.165, 1.54) is 6.07 Å². The van der Waals surface area contributed by atoms with Gasteiger partial charge in [0.25, 0.3) is 11.5 Å². The van der Waals surface area contributed by atoms with Crippen molar-refractivity contribution in [1.82, 2.24) is 24.6 Å². The number of hydrogen-bond donors (Lipinski definition) is 3. The first kappa shape index (κ1) is 23.1. The van der Waals surface area contributed by atoms with Gasteiger partial charge in [0.1, 0.15) is 11.4 Å². The Morgan fingerprint density at radius 3 is 2.53 bits per heavy atom. The molecule has 34 heavy (non-hydrogen) atoms. The minimum absolute atomic E-state index is 0.0405. The number of carbonyl (C=O) groups excluding carboxylic acids is 1. The van der Waals surface area contributed by atoms with Crippen LogP contribution in [0, 0.1) is 0 Å². The second-order valence-electron chi connectivity index (χ2n) is 7.65. The van der Waals surface area contributed by atoms with E-state index in [0.29, 0.717) is 42.6 Å². The summed E-state index contributed by atoms with van der Waals surface area (Å²) in [4.78, 5) is 28.5. The van der Waals surface area contributed by atoms with Gasteiger partial charge in [-0.15, -0.1) is 0 Å². The maximum absolute atomic E-state index is 12.5. The lowest BCUT2D eigenvalue weighted by Gasteiger charge is -2.07. The smallest absolute Gasteiger partial charge is 0.256 e. The number of aromatic nitrogens is 4. The number of anilines is 2. The van der Waals surface area contributed by atoms with Gasteiger partial charge in [-0.1, -0.05) is 41.9 Å². The molecule has 3 aromatic heterocycles. The Hall–Kier alpha value is -4.11. The number of amides is 1. The van der Waals surface area contributed by atoms with Crippen LogP contribution in [0.3, 0.4) is 0 Å². The van der Waals surface area contributed by atoms with Crippen molar-refractivity contribution in [3.05, 3.63) is 105 Å². The van der Waals surface area contributed by atoms with Gasteiger partial charge >= 0.3 is 0 Å². The van der Waals surface area contributed by atoms with E-state index in [4.69, 9.17) is 17.3 Å². The van der Waals surface area contributed by atoms with Gasteiger partial charge in [0, 0.05) is 42.8 Å². The number of nitrogens with zero attached hydrogens (tertiary/aromatic N) is 4. The van der Waals surface area contributed by atoms with Crippen LogP contribution in [-0.4, -0.2) is 38.3 Å². The Bertz CT molecular complexity index is 1330. The number of nitrogens with one attached hydrogen (secondary N) is 2. The first-order valence-corrected chi connectivity index (χ1v) is 11.1. The summed E-state index contributed by atoms with van der Waals surface area (Å²) < 4.78 is 3.28. The molecule has 0 atom stereocenters. The molecule has 4 rings (SSSR count). The minimum Gasteiger partial charge on any atom is -0.382 e. The van der Waals surface area contributed by atoms with Crippen molar-refractivity contribution in [2.75, 3.05) is 24.1 Å². The molecular formula is C24H24ClN7O2. The van der Waals surface area contributed by atoms with Gasteiger partial charge < -0.3 is 20.9 Å². The van der Waals surface area contributed by atoms with E-state index in [0.717, 1.165) is 11.1 Å². The van der Waals surface area contributed by atoms with Crippen LogP contribution in [0.5, 0.6) is 0 Å². The van der Waals surface area contributed by atoms with Gasteiger partial charge in [-0.05, 0) is 29.3 Å². The Kier molecular flexibility index (Phi) is 7.24. The molecule has 4 aromatic rings. The van der Waals surface area contributed by atoms with Crippen LogP contribution in [0.25, 0.3) is 0 Å². The van der Waals surface area contributed by atoms with Crippen molar-refractivity contribution < 1.29 is 4.79 Å². The van der Waals surface area contributed by atoms with Gasteiger partial charge in [0.05, 0.1) is 13.1 Å². The lowest BCUT2D eigenvalue weighted by atomic mass is 10.1. The van der Waals surface area contributed by atoms with E-state index >= 15 is 0 Å². The fourth-order valence-corrected chi connectivity index (χ4v) is 3.54. The summed E-state index contributed by atoms with van der Waals surface area (Å²) in [5.41, 5.74) is 8.26. The molecule has 0 aliphatic rings. The number of nitrogen functional groups attached to an aromatic ring is 1. The van der Waals surface area contributed by atoms with Gasteiger partial charge in [0.2, 0.25) is 0 Å². The van der Waals surface area contributed by atoms with Crippen molar-refractivity contribution in [2.24, 2.45) is 0 Å². The number of pyridine rings is 2. The van der Waals surface area contributed by atoms with E-state index in [1.54, 1.807) is 46.0 Å². The maximum atomic E-state index is 12.5. The van der Waals surface area contributed by atoms with Gasteiger partial charge in [-0.25, -0.2) is 4.98 Å². The van der Waals surface area contributed by atoms with Crippen LogP contribution in [0.2, 0.25) is 5.02 Å². The summed E-state index contributed by atoms with van der Waals surface area (Å²) in [7, 11) is 0. The Labute approximate surface area is 201 Å². The summed E-state index contributed by atoms with van der Waals surface area (Å²) in [6, 6.07) is 16.4. The van der Waals surface area contributed by atoms with Crippen LogP contribution in [0.15, 0.2) is 78.0 Å². The third-order valence-corrected chi connectivity index (χ3v) is 5.33. The molecule has 10 heteroatoms. The van der Waals surface area contributed by atoms with Crippen LogP contribution < -0.4 is 21.9 Å². The van der Waals surface area contributed by atoms with E-state index in [2.05, 4.69) is 20.7 Å². The average molecular weight is 478 g/mol. The highest BCUT2D eigenvalue weighted by Gasteiger charge is 2.14. The van der Waals surface area contributed by atoms with Crippen LogP contribution in [-0.2, 0) is 13.1 Å². The number of hydrogen-bond acceptors (Lipinski definition) is 6. The molecule has 1 amide bonds. The van der Waals surface area contributed by atoms with Gasteiger partial charge in [0.15, 0.2) is 5.82 Å². The predicted octanol–water partition coefficient (Wildman–Crippen LogP) is 2.61. The highest BCUT2D eigenvalue weighted by atomic mass is 35.5. The van der Waals surface area contributed by atoms with E-state index in [-0.39, 0.29) is 17.3 Å². The molecule has 0 aliphatic carbocycles. The molecule has 0 radical (unpaired) electrons. The minimum atomic E-state index is -0.298. The largest absolute Gasteiger partial charge is 0.382 e. The lowest BCUT2D eigenvalue weighted by molar-refractivity contribution is 0.0956. The highest BCUT2D eigenvalue weighted by molar-refractivity contribution is 6.30. The monoisotopic (exact) mass is 477 g/mol. The number of rotatable bonds is 9. The van der Waals surface area contributed by atoms with Crippen molar-refractivity contribution in [3.8, 4) is 0 Å². The first-order chi connectivity index (χ1) is 16.5. The second kappa shape index (κ2) is 10.7. The zero-order chi connectivity index (χ0) is 23.9. The normalized spacial score (nSPS) is 10.7. The molecule has 174 valence electrons. The Morgan fingerprint density at radius 1 is 1.03 bits per heavy atom. The molecule has 4 N–H and O–H groups in total. The van der Waals surface area contributed by atoms with Crippen molar-refractivity contribution in [3.63, 3.8) is 0 Å². The van der Waals surface area contributed by atoms with Gasteiger partial charge in [-0.3, -0.25) is 14.3 Å². The molecule has 3 heterocycles. The fourth-order valence-electron chi connectivity index (χ4n) is 3.38. The van der Waals surface area contributed by atoms with Crippen LogP contribution in [0.4, 0.5) is 11.6 Å². The first-order valence-electron chi connectivity index (χ1n) is 10.7. The van der Waals surface area contributed by atoms with Crippen LogP contribution in [0.1, 0.15) is 21.5 Å². The summed E-state index contributed by atoms with van der Waals surface area (Å²) in [5.74, 6) is 0.506. The molecule has 0 saturated heterocycles. The maximum Gasteiger partial charge on any atom is 0.256 e. The standard InChI is InChI=1S/C24H24ClN7O2/c25-19-8-9-27-21(13-19)28-10-11-29-24(34)20-16-32(30-23(20)26)15-18-6-4-17(5-7-18)14-31-12-2-1-3-22(31)33/h1-9,12-13,16H,10-11,14-15H2,(H2,26,30)(H,27,28)(H,29,34). The molecule has 1 aromatic carbocycles. The molecule has 9 nitrogen and oxygen atoms in total. The number of benzene rings is 1. The van der Waals surface area contributed by atoms with E-state index in [9.17, 15) is 9.59 Å². The molecule has 0 unspecified atom stereocenters. The Balaban J connectivity index is 1.30. The topological polar surface area (TPSA) is 120 Å². The van der Waals surface area contributed by atoms with Crippen LogP contribution >= 0.6 is 11.6 Å². The zero-order valence-electron chi connectivity index (χ0n) is 18.3. The number of nitrogens with two attached hydrogens (primary N) is 1. The molecule has 0 bridgehead atoms. The van der Waals surface area contributed by atoms with Gasteiger partial charge in [-0.2, -0.15) is 5.10 Å². The number of carbonyl (C=O) groups is 1. The summed E-state index contributed by atoms with van der Waals surface area (Å²) >= 11 is 5.93. The summed E-state index contributed by atoms with van der Waals surface area (Å²) in [6.45, 7) is 1.82. The molecule has 0 fully saturated rings. The highest BCUT2D eigenvalue weighted by Crippen LogP contribution is 2.13. The van der Waals surface area contributed by atoms with E-state index < -0.39 is 0 Å².